The molecule has 0 radical (unpaired) electrons. The molecule has 0 fully saturated rings. The largest absolute Gasteiger partial charge is 0.311 e. The molecule has 3 nitrogen and oxygen atoms in total. The third-order valence-electron chi connectivity index (χ3n) is 2.77. The van der Waals surface area contributed by atoms with Crippen LogP contribution in [0.15, 0.2) is 30.5 Å². The summed E-state index contributed by atoms with van der Waals surface area (Å²) in [6, 6.07) is 6.49. The number of halogens is 2. The maximum absolute atomic E-state index is 13.6. The smallest absolute Gasteiger partial charge is 0.128 e. The summed E-state index contributed by atoms with van der Waals surface area (Å²) >= 11 is 5.87. The highest BCUT2D eigenvalue weighted by Crippen LogP contribution is 2.15. The van der Waals surface area contributed by atoms with Gasteiger partial charge in [-0.25, -0.2) is 4.39 Å². The van der Waals surface area contributed by atoms with Crippen LogP contribution in [0, 0.1) is 5.82 Å². The van der Waals surface area contributed by atoms with E-state index in [0.717, 1.165) is 25.2 Å². The summed E-state index contributed by atoms with van der Waals surface area (Å²) in [6.45, 7) is 4.21. The van der Waals surface area contributed by atoms with E-state index >= 15 is 0 Å². The van der Waals surface area contributed by atoms with Crippen molar-refractivity contribution in [3.63, 3.8) is 0 Å². The van der Waals surface area contributed by atoms with Crippen molar-refractivity contribution in [3.05, 3.63) is 52.6 Å². The van der Waals surface area contributed by atoms with Crippen LogP contribution in [-0.2, 0) is 13.1 Å². The van der Waals surface area contributed by atoms with Crippen LogP contribution >= 0.6 is 11.6 Å². The van der Waals surface area contributed by atoms with Gasteiger partial charge in [-0.05, 0) is 37.2 Å². The molecule has 0 amide bonds. The van der Waals surface area contributed by atoms with E-state index in [9.17, 15) is 4.39 Å². The van der Waals surface area contributed by atoms with E-state index in [2.05, 4.69) is 17.3 Å². The summed E-state index contributed by atoms with van der Waals surface area (Å²) in [5, 5.41) is 8.21. The summed E-state index contributed by atoms with van der Waals surface area (Å²) in [4.78, 5) is 0. The lowest BCUT2D eigenvalue weighted by atomic mass is 10.2. The molecule has 0 aliphatic heterocycles. The van der Waals surface area contributed by atoms with Gasteiger partial charge in [-0.15, -0.1) is 0 Å². The van der Waals surface area contributed by atoms with Crippen LogP contribution in [0.5, 0.6) is 0 Å². The van der Waals surface area contributed by atoms with E-state index in [0.29, 0.717) is 17.1 Å². The standard InChI is InChI=1S/C14H17ClFN3/c1-2-6-17-9-13-5-7-19(18-13)10-11-8-12(15)3-4-14(11)16/h3-5,7-8,17H,2,6,9-10H2,1H3. The molecule has 5 heteroatoms. The molecule has 0 spiro atoms. The van der Waals surface area contributed by atoms with E-state index < -0.39 is 0 Å². The van der Waals surface area contributed by atoms with Crippen LogP contribution in [-0.4, -0.2) is 16.3 Å². The average molecular weight is 282 g/mol. The fourth-order valence-electron chi connectivity index (χ4n) is 1.82. The number of hydrogen-bond acceptors (Lipinski definition) is 2. The number of nitrogens with one attached hydrogen (secondary N) is 1. The van der Waals surface area contributed by atoms with Crippen LogP contribution in [0.25, 0.3) is 0 Å². The van der Waals surface area contributed by atoms with Gasteiger partial charge in [-0.3, -0.25) is 4.68 Å². The summed E-state index contributed by atoms with van der Waals surface area (Å²) < 4.78 is 15.3. The molecule has 0 saturated carbocycles. The predicted molar refractivity (Wildman–Crippen MR) is 74.7 cm³/mol. The minimum Gasteiger partial charge on any atom is -0.311 e. The fourth-order valence-corrected chi connectivity index (χ4v) is 2.01. The van der Waals surface area contributed by atoms with Gasteiger partial charge < -0.3 is 5.32 Å². The molecule has 0 aliphatic rings. The molecular formula is C14H17ClFN3. The van der Waals surface area contributed by atoms with Crippen molar-refractivity contribution in [2.75, 3.05) is 6.54 Å². The lowest BCUT2D eigenvalue weighted by molar-refractivity contribution is 0.578. The van der Waals surface area contributed by atoms with Crippen LogP contribution in [0.4, 0.5) is 4.39 Å². The van der Waals surface area contributed by atoms with Crippen molar-refractivity contribution in [2.45, 2.75) is 26.4 Å². The second-order valence-electron chi connectivity index (χ2n) is 4.42. The van der Waals surface area contributed by atoms with Gasteiger partial charge in [-0.2, -0.15) is 5.10 Å². The van der Waals surface area contributed by atoms with Crippen molar-refractivity contribution in [1.29, 1.82) is 0 Å². The second kappa shape index (κ2) is 6.68. The van der Waals surface area contributed by atoms with Gasteiger partial charge in [0.15, 0.2) is 0 Å². The highest BCUT2D eigenvalue weighted by molar-refractivity contribution is 6.30. The summed E-state index contributed by atoms with van der Waals surface area (Å²) in [7, 11) is 0. The highest BCUT2D eigenvalue weighted by Gasteiger charge is 2.05. The summed E-state index contributed by atoms with van der Waals surface area (Å²) in [6.07, 6.45) is 2.94. The first-order chi connectivity index (χ1) is 9.19. The molecule has 1 aromatic heterocycles. The molecule has 0 atom stereocenters. The second-order valence-corrected chi connectivity index (χ2v) is 4.85. The van der Waals surface area contributed by atoms with Gasteiger partial charge in [0.05, 0.1) is 12.2 Å². The van der Waals surface area contributed by atoms with E-state index in [1.54, 1.807) is 16.8 Å². The van der Waals surface area contributed by atoms with E-state index in [4.69, 9.17) is 11.6 Å². The quantitative estimate of drug-likeness (QED) is 0.824. The third-order valence-corrected chi connectivity index (χ3v) is 3.00. The predicted octanol–water partition coefficient (Wildman–Crippen LogP) is 3.22. The summed E-state index contributed by atoms with van der Waals surface area (Å²) in [5.41, 5.74) is 1.50. The molecule has 0 aliphatic carbocycles. The maximum Gasteiger partial charge on any atom is 0.128 e. The number of nitrogens with zero attached hydrogens (tertiary/aromatic N) is 2. The fraction of sp³-hybridized carbons (Fsp3) is 0.357. The lowest BCUT2D eigenvalue weighted by Gasteiger charge is -2.04. The Hall–Kier alpha value is -1.39. The van der Waals surface area contributed by atoms with Crippen molar-refractivity contribution in [3.8, 4) is 0 Å². The molecule has 102 valence electrons. The first-order valence-corrected chi connectivity index (χ1v) is 6.74. The minimum absolute atomic E-state index is 0.259. The van der Waals surface area contributed by atoms with Gasteiger partial charge >= 0.3 is 0 Å². The van der Waals surface area contributed by atoms with Gasteiger partial charge in [-0.1, -0.05) is 18.5 Å². The Morgan fingerprint density at radius 1 is 1.37 bits per heavy atom. The Bertz CT molecular complexity index is 539. The molecule has 2 rings (SSSR count). The zero-order chi connectivity index (χ0) is 13.7. The number of aromatic nitrogens is 2. The first-order valence-electron chi connectivity index (χ1n) is 6.36. The van der Waals surface area contributed by atoms with Crippen LogP contribution in [0.3, 0.4) is 0 Å². The van der Waals surface area contributed by atoms with Crippen molar-refractivity contribution in [1.82, 2.24) is 15.1 Å². The van der Waals surface area contributed by atoms with Crippen LogP contribution in [0.1, 0.15) is 24.6 Å². The normalized spacial score (nSPS) is 10.9. The topological polar surface area (TPSA) is 29.9 Å². The van der Waals surface area contributed by atoms with Crippen molar-refractivity contribution in [2.24, 2.45) is 0 Å². The van der Waals surface area contributed by atoms with E-state index in [-0.39, 0.29) is 5.82 Å². The van der Waals surface area contributed by atoms with Gasteiger partial charge in [0, 0.05) is 23.3 Å². The zero-order valence-corrected chi connectivity index (χ0v) is 11.6. The molecule has 19 heavy (non-hydrogen) atoms. The van der Waals surface area contributed by atoms with Crippen LogP contribution in [0.2, 0.25) is 5.02 Å². The Kier molecular flexibility index (Phi) is 4.93. The number of benzene rings is 1. The van der Waals surface area contributed by atoms with Gasteiger partial charge in [0.2, 0.25) is 0 Å². The lowest BCUT2D eigenvalue weighted by Crippen LogP contribution is -2.14. The molecule has 0 saturated heterocycles. The van der Waals surface area contributed by atoms with Crippen molar-refractivity contribution >= 4 is 11.6 Å². The molecule has 0 unspecified atom stereocenters. The van der Waals surface area contributed by atoms with Crippen molar-refractivity contribution < 1.29 is 4.39 Å². The number of hydrogen-bond donors (Lipinski definition) is 1. The zero-order valence-electron chi connectivity index (χ0n) is 10.9. The van der Waals surface area contributed by atoms with Crippen LogP contribution < -0.4 is 5.32 Å². The first kappa shape index (κ1) is 14.0. The van der Waals surface area contributed by atoms with Gasteiger partial charge in [0.25, 0.3) is 0 Å². The molecule has 1 N–H and O–H groups in total. The molecule has 0 bridgehead atoms. The third kappa shape index (κ3) is 4.04. The SMILES string of the molecule is CCCNCc1ccn(Cc2cc(Cl)ccc2F)n1. The Balaban J connectivity index is 2.01. The van der Waals surface area contributed by atoms with E-state index in [1.165, 1.54) is 6.07 Å². The monoisotopic (exact) mass is 281 g/mol. The number of rotatable bonds is 6. The Morgan fingerprint density at radius 3 is 3.00 bits per heavy atom. The van der Waals surface area contributed by atoms with E-state index in [1.807, 2.05) is 12.3 Å². The van der Waals surface area contributed by atoms with Gasteiger partial charge in [0.1, 0.15) is 5.82 Å². The highest BCUT2D eigenvalue weighted by atomic mass is 35.5. The Morgan fingerprint density at radius 2 is 2.21 bits per heavy atom. The molecule has 1 aromatic carbocycles. The Labute approximate surface area is 117 Å². The maximum atomic E-state index is 13.6. The molecule has 1 heterocycles. The summed E-state index contributed by atoms with van der Waals surface area (Å²) in [5.74, 6) is -0.259. The molecular weight excluding hydrogens is 265 g/mol. The average Bonchev–Trinajstić information content (AvgIpc) is 2.82. The molecule has 2 aromatic rings. The minimum atomic E-state index is -0.259.